The lowest BCUT2D eigenvalue weighted by atomic mass is 10.2. The summed E-state index contributed by atoms with van der Waals surface area (Å²) in [6.07, 6.45) is -1.49. The maximum absolute atomic E-state index is 12.1. The van der Waals surface area contributed by atoms with Crippen molar-refractivity contribution in [2.45, 2.75) is 66.4 Å². The Morgan fingerprint density at radius 1 is 0.571 bits per heavy atom. The van der Waals surface area contributed by atoms with E-state index in [-0.39, 0.29) is 32.9 Å². The Morgan fingerprint density at radius 3 is 1.29 bits per heavy atom. The van der Waals surface area contributed by atoms with Crippen LogP contribution in [0.25, 0.3) is 0 Å². The highest BCUT2D eigenvalue weighted by Gasteiger charge is 2.38. The van der Waals surface area contributed by atoms with Gasteiger partial charge in [0.05, 0.1) is 0 Å². The number of esters is 6. The molecule has 0 aromatic heterocycles. The van der Waals surface area contributed by atoms with E-state index in [0.717, 1.165) is 0 Å². The Bertz CT molecular complexity index is 893. The molecule has 3 atom stereocenters. The first-order valence-electron chi connectivity index (χ1n) is 13.7. The molecule has 3 unspecified atom stereocenters. The molecule has 0 aliphatic carbocycles. The zero-order chi connectivity index (χ0) is 31.9. The quantitative estimate of drug-likeness (QED) is 0.188. The number of hydrogen-bond acceptors (Lipinski definition) is 15. The van der Waals surface area contributed by atoms with Gasteiger partial charge < -0.3 is 28.4 Å². The smallest absolute Gasteiger partial charge is 0.304 e. The Kier molecular flexibility index (Phi) is 16.0. The topological polar surface area (TPSA) is 168 Å². The summed E-state index contributed by atoms with van der Waals surface area (Å²) in [5, 5.41) is 0. The predicted molar refractivity (Wildman–Crippen MR) is 146 cm³/mol. The molecule has 0 N–H and O–H groups in total. The third-order valence-corrected chi connectivity index (χ3v) is 6.21. The molecule has 42 heavy (non-hydrogen) atoms. The van der Waals surface area contributed by atoms with Gasteiger partial charge in [-0.3, -0.25) is 43.5 Å². The lowest BCUT2D eigenvalue weighted by Crippen LogP contribution is -2.56. The normalized spacial score (nSPS) is 18.1. The molecule has 15 heteroatoms. The summed E-state index contributed by atoms with van der Waals surface area (Å²) in [4.78, 5) is 75.8. The zero-order valence-electron chi connectivity index (χ0n) is 25.7. The average molecular weight is 604 g/mol. The second kappa shape index (κ2) is 18.3. The Balaban J connectivity index is 3.30. The largest absolute Gasteiger partial charge is 0.462 e. The van der Waals surface area contributed by atoms with Gasteiger partial charge in [-0.2, -0.15) is 0 Å². The van der Waals surface area contributed by atoms with Crippen LogP contribution in [0, 0.1) is 0 Å². The average Bonchev–Trinajstić information content (AvgIpc) is 2.95. The van der Waals surface area contributed by atoms with Crippen molar-refractivity contribution < 1.29 is 57.2 Å². The van der Waals surface area contributed by atoms with Gasteiger partial charge >= 0.3 is 35.8 Å². The van der Waals surface area contributed by atoms with E-state index >= 15 is 0 Å². The fraction of sp³-hybridized carbons (Fsp3) is 0.778. The highest BCUT2D eigenvalue weighted by Crippen LogP contribution is 2.20. The molecule has 0 bridgehead atoms. The second-order valence-corrected chi connectivity index (χ2v) is 10.2. The van der Waals surface area contributed by atoms with Crippen molar-refractivity contribution in [2.75, 3.05) is 72.2 Å². The third kappa shape index (κ3) is 15.6. The van der Waals surface area contributed by atoms with Gasteiger partial charge in [0.2, 0.25) is 0 Å². The van der Waals surface area contributed by atoms with E-state index in [1.165, 1.54) is 41.5 Å². The Hall–Kier alpha value is -3.30. The van der Waals surface area contributed by atoms with E-state index in [1.807, 2.05) is 14.7 Å². The minimum atomic E-state index is -1.31. The van der Waals surface area contributed by atoms with Crippen molar-refractivity contribution in [1.29, 1.82) is 0 Å². The minimum Gasteiger partial charge on any atom is -0.462 e. The number of hydrogen-bond donors (Lipinski definition) is 0. The summed E-state index contributed by atoms with van der Waals surface area (Å²) in [5.41, 5.74) is -1.31. The van der Waals surface area contributed by atoms with Crippen molar-refractivity contribution >= 4 is 35.8 Å². The van der Waals surface area contributed by atoms with Crippen molar-refractivity contribution in [2.24, 2.45) is 0 Å². The molecule has 0 spiro atoms. The van der Waals surface area contributed by atoms with E-state index < -0.39 is 53.7 Å². The second-order valence-electron chi connectivity index (χ2n) is 10.2. The maximum atomic E-state index is 12.1. The van der Waals surface area contributed by atoms with Gasteiger partial charge in [-0.05, 0) is 6.92 Å². The standard InChI is InChI=1S/C27H45N3O12/c1-19(31)37-16-25(40-22(4)34)14-28-8-9-29(15-26(41-23(5)35)17-38-20(2)32)11-13-30(12-10-28)27(7,42-24(6)36)18-39-21(3)33/h25-26H,8-18H2,1-7H3. The third-order valence-electron chi connectivity index (χ3n) is 6.21. The van der Waals surface area contributed by atoms with Gasteiger partial charge in [-0.1, -0.05) is 0 Å². The van der Waals surface area contributed by atoms with Crippen LogP contribution in [0.2, 0.25) is 0 Å². The fourth-order valence-electron chi connectivity index (χ4n) is 4.43. The van der Waals surface area contributed by atoms with Crippen LogP contribution in [0.1, 0.15) is 48.5 Å². The van der Waals surface area contributed by atoms with E-state index in [4.69, 9.17) is 28.4 Å². The van der Waals surface area contributed by atoms with Crippen LogP contribution in [0.5, 0.6) is 0 Å². The molecule has 0 amide bonds. The molecule has 0 aromatic carbocycles. The Morgan fingerprint density at radius 2 is 0.952 bits per heavy atom. The van der Waals surface area contributed by atoms with Crippen LogP contribution < -0.4 is 0 Å². The van der Waals surface area contributed by atoms with Crippen molar-refractivity contribution in [1.82, 2.24) is 14.7 Å². The minimum absolute atomic E-state index is 0.132. The van der Waals surface area contributed by atoms with E-state index in [2.05, 4.69) is 0 Å². The highest BCUT2D eigenvalue weighted by atomic mass is 16.6. The number of rotatable bonds is 14. The van der Waals surface area contributed by atoms with E-state index in [1.54, 1.807) is 6.92 Å². The number of carbonyl (C=O) groups excluding carboxylic acids is 6. The molecule has 15 nitrogen and oxygen atoms in total. The molecule has 1 fully saturated rings. The Labute approximate surface area is 246 Å². The molecular formula is C27H45N3O12. The molecule has 0 radical (unpaired) electrons. The molecular weight excluding hydrogens is 558 g/mol. The predicted octanol–water partition coefficient (Wildman–Crippen LogP) is -0.262. The highest BCUT2D eigenvalue weighted by molar-refractivity contribution is 5.68. The summed E-state index contributed by atoms with van der Waals surface area (Å²) in [5.74, 6) is -3.19. The van der Waals surface area contributed by atoms with Gasteiger partial charge in [-0.25, -0.2) is 0 Å². The van der Waals surface area contributed by atoms with Crippen LogP contribution in [0.15, 0.2) is 0 Å². The number of carbonyl (C=O) groups is 6. The number of nitrogens with zero attached hydrogens (tertiary/aromatic N) is 3. The summed E-state index contributed by atoms with van der Waals surface area (Å²) < 4.78 is 31.9. The summed E-state index contributed by atoms with van der Waals surface area (Å²) in [6, 6.07) is 0. The van der Waals surface area contributed by atoms with Crippen LogP contribution in [-0.4, -0.2) is 141 Å². The first-order valence-corrected chi connectivity index (χ1v) is 13.7. The van der Waals surface area contributed by atoms with Crippen LogP contribution in [-0.2, 0) is 57.2 Å². The van der Waals surface area contributed by atoms with Gasteiger partial charge in [0, 0.05) is 93.9 Å². The molecule has 0 saturated carbocycles. The van der Waals surface area contributed by atoms with Gasteiger partial charge in [-0.15, -0.1) is 0 Å². The van der Waals surface area contributed by atoms with Crippen LogP contribution in [0.4, 0.5) is 0 Å². The summed E-state index contributed by atoms with van der Waals surface area (Å²) in [7, 11) is 0. The van der Waals surface area contributed by atoms with Crippen molar-refractivity contribution in [3.63, 3.8) is 0 Å². The van der Waals surface area contributed by atoms with Gasteiger partial charge in [0.25, 0.3) is 0 Å². The first-order chi connectivity index (χ1) is 19.6. The molecule has 1 rings (SSSR count). The molecule has 1 aliphatic rings. The fourth-order valence-corrected chi connectivity index (χ4v) is 4.43. The van der Waals surface area contributed by atoms with Crippen LogP contribution in [0.3, 0.4) is 0 Å². The molecule has 1 aliphatic heterocycles. The molecule has 0 aromatic rings. The van der Waals surface area contributed by atoms with E-state index in [9.17, 15) is 28.8 Å². The zero-order valence-corrected chi connectivity index (χ0v) is 25.7. The van der Waals surface area contributed by atoms with Gasteiger partial charge in [0.1, 0.15) is 32.0 Å². The molecule has 1 heterocycles. The first kappa shape index (κ1) is 36.7. The van der Waals surface area contributed by atoms with Crippen molar-refractivity contribution in [3.8, 4) is 0 Å². The van der Waals surface area contributed by atoms with Crippen LogP contribution >= 0.6 is 0 Å². The molecule has 1 saturated heterocycles. The number of ether oxygens (including phenoxy) is 6. The molecule has 240 valence electrons. The lowest BCUT2D eigenvalue weighted by Gasteiger charge is -2.40. The maximum Gasteiger partial charge on any atom is 0.304 e. The monoisotopic (exact) mass is 603 g/mol. The van der Waals surface area contributed by atoms with Gasteiger partial charge in [0.15, 0.2) is 5.72 Å². The summed E-state index contributed by atoms with van der Waals surface area (Å²) >= 11 is 0. The van der Waals surface area contributed by atoms with E-state index in [0.29, 0.717) is 39.3 Å². The lowest BCUT2D eigenvalue weighted by molar-refractivity contribution is -0.196. The summed E-state index contributed by atoms with van der Waals surface area (Å²) in [6.45, 7) is 11.7. The van der Waals surface area contributed by atoms with Crippen molar-refractivity contribution in [3.05, 3.63) is 0 Å². The SMILES string of the molecule is CC(=O)OCC(CN1CCN(CC(COC(C)=O)OC(C)=O)CCN(C(C)(COC(C)=O)OC(C)=O)CC1)OC(C)=O.